The highest BCUT2D eigenvalue weighted by Gasteiger charge is 2.11. The molecule has 0 aliphatic carbocycles. The highest BCUT2D eigenvalue weighted by atomic mass is 16.1. The van der Waals surface area contributed by atoms with E-state index in [9.17, 15) is 4.79 Å². The Labute approximate surface area is 171 Å². The maximum absolute atomic E-state index is 12.1. The Hall–Kier alpha value is -0.530. The number of hydrogen-bond donors (Lipinski definition) is 1. The molecule has 162 valence electrons. The first kappa shape index (κ1) is 26.5. The summed E-state index contributed by atoms with van der Waals surface area (Å²) < 4.78 is 0. The van der Waals surface area contributed by atoms with Crippen LogP contribution in [0.1, 0.15) is 143 Å². The molecule has 0 aromatic heterocycles. The third kappa shape index (κ3) is 20.0. The summed E-state index contributed by atoms with van der Waals surface area (Å²) in [6, 6.07) is 0. The summed E-state index contributed by atoms with van der Waals surface area (Å²) in [5, 5.41) is 3.14. The summed E-state index contributed by atoms with van der Waals surface area (Å²) in [6.07, 6.45) is 25.3. The minimum absolute atomic E-state index is 0.188. The van der Waals surface area contributed by atoms with Crippen LogP contribution in [0.15, 0.2) is 0 Å². The molecule has 1 atom stereocenters. The van der Waals surface area contributed by atoms with E-state index in [4.69, 9.17) is 0 Å². The van der Waals surface area contributed by atoms with Crippen molar-refractivity contribution in [3.8, 4) is 0 Å². The topological polar surface area (TPSA) is 29.1 Å². The van der Waals surface area contributed by atoms with Gasteiger partial charge in [0.1, 0.15) is 0 Å². The first-order valence-electron chi connectivity index (χ1n) is 12.5. The van der Waals surface area contributed by atoms with Crippen LogP contribution in [-0.2, 0) is 4.79 Å². The lowest BCUT2D eigenvalue weighted by molar-refractivity contribution is -0.124. The average molecular weight is 382 g/mol. The molecule has 0 aromatic carbocycles. The van der Waals surface area contributed by atoms with E-state index in [0.29, 0.717) is 0 Å². The van der Waals surface area contributed by atoms with Crippen molar-refractivity contribution in [3.63, 3.8) is 0 Å². The predicted molar refractivity (Wildman–Crippen MR) is 121 cm³/mol. The third-order valence-corrected chi connectivity index (χ3v) is 5.77. The number of unbranched alkanes of at least 4 members (excludes halogenated alkanes) is 16. The molecule has 0 bridgehead atoms. The van der Waals surface area contributed by atoms with Crippen LogP contribution in [0.5, 0.6) is 0 Å². The summed E-state index contributed by atoms with van der Waals surface area (Å²) in [6.45, 7) is 7.51. The lowest BCUT2D eigenvalue weighted by Gasteiger charge is -2.12. The lowest BCUT2D eigenvalue weighted by atomic mass is 10.0. The average Bonchev–Trinajstić information content (AvgIpc) is 2.67. The van der Waals surface area contributed by atoms with Crippen LogP contribution in [0.4, 0.5) is 0 Å². The van der Waals surface area contributed by atoms with Crippen molar-refractivity contribution >= 4 is 5.91 Å². The molecule has 0 fully saturated rings. The van der Waals surface area contributed by atoms with Gasteiger partial charge in [0.2, 0.25) is 5.91 Å². The molecule has 0 saturated carbocycles. The largest absolute Gasteiger partial charge is 0.356 e. The Morgan fingerprint density at radius 3 is 1.41 bits per heavy atom. The zero-order chi connectivity index (χ0) is 20.0. The summed E-state index contributed by atoms with van der Waals surface area (Å²) in [7, 11) is 0. The summed E-state index contributed by atoms with van der Waals surface area (Å²) in [5.74, 6) is 0.460. The zero-order valence-electron chi connectivity index (χ0n) is 19.1. The van der Waals surface area contributed by atoms with Gasteiger partial charge in [0, 0.05) is 12.5 Å². The molecule has 1 N–H and O–H groups in total. The molecule has 0 radical (unpaired) electrons. The molecule has 0 heterocycles. The fourth-order valence-electron chi connectivity index (χ4n) is 3.71. The molecule has 1 unspecified atom stereocenters. The van der Waals surface area contributed by atoms with E-state index in [0.717, 1.165) is 19.4 Å². The second-order valence-electron chi connectivity index (χ2n) is 8.64. The lowest BCUT2D eigenvalue weighted by Crippen LogP contribution is -2.30. The Bertz CT molecular complexity index is 303. The van der Waals surface area contributed by atoms with E-state index in [-0.39, 0.29) is 11.8 Å². The molecular weight excluding hydrogens is 330 g/mol. The second-order valence-corrected chi connectivity index (χ2v) is 8.64. The maximum Gasteiger partial charge on any atom is 0.222 e. The number of carbonyl (C=O) groups is 1. The number of rotatable bonds is 21. The van der Waals surface area contributed by atoms with Crippen molar-refractivity contribution in [1.29, 1.82) is 0 Å². The van der Waals surface area contributed by atoms with E-state index in [1.165, 1.54) is 109 Å². The highest BCUT2D eigenvalue weighted by molar-refractivity contribution is 5.78. The molecule has 0 spiro atoms. The van der Waals surface area contributed by atoms with Crippen LogP contribution in [0, 0.1) is 5.92 Å². The molecule has 0 rings (SSSR count). The quantitative estimate of drug-likeness (QED) is 0.199. The molecule has 2 heteroatoms. The highest BCUT2D eigenvalue weighted by Crippen LogP contribution is 2.14. The summed E-state index contributed by atoms with van der Waals surface area (Å²) >= 11 is 0. The monoisotopic (exact) mass is 381 g/mol. The minimum atomic E-state index is 0.188. The van der Waals surface area contributed by atoms with Crippen LogP contribution in [0.2, 0.25) is 0 Å². The molecule has 0 aliphatic rings. The van der Waals surface area contributed by atoms with Gasteiger partial charge in [-0.1, -0.05) is 130 Å². The minimum Gasteiger partial charge on any atom is -0.356 e. The maximum atomic E-state index is 12.1. The van der Waals surface area contributed by atoms with Crippen molar-refractivity contribution in [3.05, 3.63) is 0 Å². The van der Waals surface area contributed by atoms with Gasteiger partial charge in [-0.2, -0.15) is 0 Å². The smallest absolute Gasteiger partial charge is 0.222 e. The van der Waals surface area contributed by atoms with Gasteiger partial charge >= 0.3 is 0 Å². The van der Waals surface area contributed by atoms with Gasteiger partial charge in [-0.05, 0) is 12.8 Å². The number of amides is 1. The Morgan fingerprint density at radius 2 is 0.963 bits per heavy atom. The standard InChI is InChI=1S/C25H51NO/c1-4-6-8-10-12-14-15-17-19-21-23-26-25(27)24(3)22-20-18-16-13-11-9-7-5-2/h24H,4-23H2,1-3H3,(H,26,27). The molecule has 0 aliphatic heterocycles. The van der Waals surface area contributed by atoms with Gasteiger partial charge in [0.25, 0.3) is 0 Å². The van der Waals surface area contributed by atoms with Crippen molar-refractivity contribution in [2.24, 2.45) is 5.92 Å². The van der Waals surface area contributed by atoms with Gasteiger partial charge in [-0.3, -0.25) is 4.79 Å². The van der Waals surface area contributed by atoms with Gasteiger partial charge in [0.05, 0.1) is 0 Å². The van der Waals surface area contributed by atoms with Crippen LogP contribution < -0.4 is 5.32 Å². The van der Waals surface area contributed by atoms with E-state index in [1.807, 2.05) is 0 Å². The first-order valence-corrected chi connectivity index (χ1v) is 12.5. The van der Waals surface area contributed by atoms with Gasteiger partial charge in [-0.25, -0.2) is 0 Å². The van der Waals surface area contributed by atoms with Gasteiger partial charge in [0.15, 0.2) is 0 Å². The van der Waals surface area contributed by atoms with Crippen molar-refractivity contribution < 1.29 is 4.79 Å². The predicted octanol–water partition coefficient (Wildman–Crippen LogP) is 8.19. The molecule has 0 saturated heterocycles. The second kappa shape index (κ2) is 21.8. The number of carbonyl (C=O) groups excluding carboxylic acids is 1. The SMILES string of the molecule is CCCCCCCCCCCCNC(=O)C(C)CCCCCCCCCC. The van der Waals surface area contributed by atoms with E-state index < -0.39 is 0 Å². The van der Waals surface area contributed by atoms with Gasteiger partial charge < -0.3 is 5.32 Å². The van der Waals surface area contributed by atoms with Crippen molar-refractivity contribution in [1.82, 2.24) is 5.32 Å². The normalized spacial score (nSPS) is 12.3. The van der Waals surface area contributed by atoms with Crippen LogP contribution in [0.25, 0.3) is 0 Å². The summed E-state index contributed by atoms with van der Waals surface area (Å²) in [4.78, 5) is 12.1. The van der Waals surface area contributed by atoms with Crippen LogP contribution in [-0.4, -0.2) is 12.5 Å². The van der Waals surface area contributed by atoms with Crippen LogP contribution in [0.3, 0.4) is 0 Å². The Balaban J connectivity index is 3.31. The Morgan fingerprint density at radius 1 is 0.593 bits per heavy atom. The van der Waals surface area contributed by atoms with E-state index in [1.54, 1.807) is 0 Å². The van der Waals surface area contributed by atoms with Gasteiger partial charge in [-0.15, -0.1) is 0 Å². The number of nitrogens with one attached hydrogen (secondary N) is 1. The molecule has 2 nitrogen and oxygen atoms in total. The van der Waals surface area contributed by atoms with E-state index in [2.05, 4.69) is 26.1 Å². The summed E-state index contributed by atoms with van der Waals surface area (Å²) in [5.41, 5.74) is 0. The number of hydrogen-bond acceptors (Lipinski definition) is 1. The third-order valence-electron chi connectivity index (χ3n) is 5.77. The fourth-order valence-corrected chi connectivity index (χ4v) is 3.71. The van der Waals surface area contributed by atoms with Crippen molar-refractivity contribution in [2.75, 3.05) is 6.54 Å². The first-order chi connectivity index (χ1) is 13.2. The van der Waals surface area contributed by atoms with Crippen LogP contribution >= 0.6 is 0 Å². The molecule has 0 aromatic rings. The molecule has 27 heavy (non-hydrogen) atoms. The Kier molecular flexibility index (Phi) is 21.3. The molecule has 1 amide bonds. The van der Waals surface area contributed by atoms with Crippen molar-refractivity contribution in [2.45, 2.75) is 143 Å². The fraction of sp³-hybridized carbons (Fsp3) is 0.960. The van der Waals surface area contributed by atoms with E-state index >= 15 is 0 Å². The zero-order valence-corrected chi connectivity index (χ0v) is 19.1. The molecular formula is C25H51NO.